The number of nitrogens with zero attached hydrogens (tertiary/aromatic N) is 2. The van der Waals surface area contributed by atoms with Crippen molar-refractivity contribution in [3.63, 3.8) is 0 Å². The largest absolute Gasteiger partial charge is 1.00 e. The summed E-state index contributed by atoms with van der Waals surface area (Å²) in [5, 5.41) is 8.25. The predicted octanol–water partition coefficient (Wildman–Crippen LogP) is 0.240. The van der Waals surface area contributed by atoms with Crippen LogP contribution in [0, 0.1) is 0 Å². The minimum absolute atomic E-state index is 0. The first-order valence-corrected chi connectivity index (χ1v) is 7.76. The molecule has 0 saturated carbocycles. The van der Waals surface area contributed by atoms with Crippen LogP contribution in [0.25, 0.3) is 0 Å². The van der Waals surface area contributed by atoms with Crippen LogP contribution in [0.15, 0.2) is 38.1 Å². The summed E-state index contributed by atoms with van der Waals surface area (Å²) in [4.78, 5) is 7.94. The Balaban J connectivity index is -0.000000292. The van der Waals surface area contributed by atoms with Crippen molar-refractivity contribution in [3.8, 4) is 5.88 Å². The molecule has 6 nitrogen and oxygen atoms in total. The topological polar surface area (TPSA) is 110 Å². The standard InChI is InChI=1S/C6H7BrN2O.C5H4Br2N2.CH3O.CH4.Na/c1-10-6-4(8)2-3-5(7)9-6;6-4-2-1-3(8)5(7)9-4;1-2;;/h2-3H,8H2,1H3;1-2H,8H2;1H3;1H4;/q;;-1;;+1. The fourth-order valence-corrected chi connectivity index (χ4v) is 2.18. The number of nitrogen functional groups attached to an aromatic ring is 2. The van der Waals surface area contributed by atoms with E-state index in [1.54, 1.807) is 24.3 Å². The van der Waals surface area contributed by atoms with Gasteiger partial charge in [0.1, 0.15) is 13.8 Å². The van der Waals surface area contributed by atoms with Gasteiger partial charge in [-0.1, -0.05) is 7.43 Å². The van der Waals surface area contributed by atoms with Crippen LogP contribution in [0.4, 0.5) is 11.4 Å². The number of anilines is 2. The smallest absolute Gasteiger partial charge is 0.857 e. The maximum Gasteiger partial charge on any atom is 1.00 e. The molecule has 2 aromatic rings. The molecule has 2 rings (SSSR count). The van der Waals surface area contributed by atoms with Gasteiger partial charge >= 0.3 is 29.6 Å². The van der Waals surface area contributed by atoms with Crippen molar-refractivity contribution in [3.05, 3.63) is 38.1 Å². The van der Waals surface area contributed by atoms with Gasteiger partial charge in [0.25, 0.3) is 0 Å². The second kappa shape index (κ2) is 15.6. The number of nitrogens with two attached hydrogens (primary N) is 2. The molecule has 23 heavy (non-hydrogen) atoms. The SMILES string of the molecule is C.COc1nc(Br)ccc1N.C[O-].Nc1ccc(Br)nc1Br.[Na+]. The molecule has 0 atom stereocenters. The van der Waals surface area contributed by atoms with Crippen molar-refractivity contribution >= 4 is 59.2 Å². The van der Waals surface area contributed by atoms with Crippen LogP contribution in [-0.4, -0.2) is 24.2 Å². The number of ether oxygens (including phenoxy) is 1. The second-order valence-corrected chi connectivity index (χ2v) is 5.62. The number of aromatic nitrogens is 2. The molecule has 0 saturated heterocycles. The Morgan fingerprint density at radius 3 is 1.70 bits per heavy atom. The third-order valence-corrected chi connectivity index (χ3v) is 3.41. The Bertz CT molecular complexity index is 577. The van der Waals surface area contributed by atoms with E-state index in [1.165, 1.54) is 7.11 Å². The Hall–Kier alpha value is 0.100. The van der Waals surface area contributed by atoms with Gasteiger partial charge in [0.2, 0.25) is 5.88 Å². The van der Waals surface area contributed by atoms with Crippen molar-refractivity contribution in [2.24, 2.45) is 0 Å². The van der Waals surface area contributed by atoms with Crippen LogP contribution in [0.2, 0.25) is 0 Å². The first kappa shape index (κ1) is 27.9. The fraction of sp³-hybridized carbons (Fsp3) is 0.231. The summed E-state index contributed by atoms with van der Waals surface area (Å²) in [5.41, 5.74) is 12.1. The fourth-order valence-electron chi connectivity index (χ4n) is 1.02. The molecular formula is C13H18Br3N4NaO2. The molecule has 10 heteroatoms. The summed E-state index contributed by atoms with van der Waals surface area (Å²) < 4.78 is 7.04. The van der Waals surface area contributed by atoms with Crippen molar-refractivity contribution in [2.75, 3.05) is 25.7 Å². The van der Waals surface area contributed by atoms with Gasteiger partial charge in [-0.25, -0.2) is 9.97 Å². The number of methoxy groups -OCH3 is 1. The van der Waals surface area contributed by atoms with E-state index in [0.29, 0.717) is 21.9 Å². The minimum Gasteiger partial charge on any atom is -0.857 e. The number of hydrogen-bond donors (Lipinski definition) is 2. The first-order chi connectivity index (χ1) is 9.93. The molecule has 0 spiro atoms. The van der Waals surface area contributed by atoms with Crippen molar-refractivity contribution in [1.82, 2.24) is 9.97 Å². The monoisotopic (exact) mass is 522 g/mol. The molecule has 0 unspecified atom stereocenters. The molecule has 0 aromatic carbocycles. The van der Waals surface area contributed by atoms with Crippen LogP contribution in [-0.2, 0) is 0 Å². The van der Waals surface area contributed by atoms with Crippen LogP contribution in [0.5, 0.6) is 5.88 Å². The van der Waals surface area contributed by atoms with Crippen LogP contribution >= 0.6 is 47.8 Å². The van der Waals surface area contributed by atoms with Gasteiger partial charge in [0.15, 0.2) is 0 Å². The average Bonchev–Trinajstić information content (AvgIpc) is 2.48. The summed E-state index contributed by atoms with van der Waals surface area (Å²) >= 11 is 9.57. The molecule has 2 heterocycles. The van der Waals surface area contributed by atoms with Gasteiger partial charge in [-0.2, -0.15) is 7.11 Å². The van der Waals surface area contributed by atoms with Gasteiger partial charge in [-0.05, 0) is 72.1 Å². The quantitative estimate of drug-likeness (QED) is 0.408. The summed E-state index contributed by atoms with van der Waals surface area (Å²) in [6.07, 6.45) is 0. The van der Waals surface area contributed by atoms with Gasteiger partial charge in [-0.3, -0.25) is 0 Å². The molecule has 0 amide bonds. The maximum atomic E-state index is 8.25. The summed E-state index contributed by atoms with van der Waals surface area (Å²) in [7, 11) is 2.28. The van der Waals surface area contributed by atoms with Crippen molar-refractivity contribution in [2.45, 2.75) is 7.43 Å². The Labute approximate surface area is 184 Å². The van der Waals surface area contributed by atoms with Crippen LogP contribution < -0.4 is 50.9 Å². The maximum absolute atomic E-state index is 8.25. The number of rotatable bonds is 1. The molecule has 2 aromatic heterocycles. The van der Waals surface area contributed by atoms with Gasteiger partial charge in [-0.15, -0.1) is 0 Å². The Morgan fingerprint density at radius 2 is 1.35 bits per heavy atom. The predicted molar refractivity (Wildman–Crippen MR) is 99.6 cm³/mol. The third-order valence-electron chi connectivity index (χ3n) is 1.89. The summed E-state index contributed by atoms with van der Waals surface area (Å²) in [5.74, 6) is 0.453. The zero-order chi connectivity index (χ0) is 16.4. The second-order valence-electron chi connectivity index (χ2n) is 3.25. The van der Waals surface area contributed by atoms with E-state index in [4.69, 9.17) is 21.3 Å². The van der Waals surface area contributed by atoms with E-state index in [-0.39, 0.29) is 37.0 Å². The molecule has 0 fully saturated rings. The van der Waals surface area contributed by atoms with Gasteiger partial charge < -0.3 is 21.3 Å². The number of hydrogen-bond acceptors (Lipinski definition) is 6. The summed E-state index contributed by atoms with van der Waals surface area (Å²) in [6.45, 7) is 0. The third kappa shape index (κ3) is 11.3. The first-order valence-electron chi connectivity index (χ1n) is 5.38. The van der Waals surface area contributed by atoms with E-state index in [9.17, 15) is 0 Å². The molecule has 4 N–H and O–H groups in total. The van der Waals surface area contributed by atoms with E-state index in [0.717, 1.165) is 16.3 Å². The van der Waals surface area contributed by atoms with E-state index in [1.807, 2.05) is 0 Å². The molecule has 0 radical (unpaired) electrons. The number of halogens is 3. The van der Waals surface area contributed by atoms with Crippen LogP contribution in [0.3, 0.4) is 0 Å². The van der Waals surface area contributed by atoms with Crippen molar-refractivity contribution < 1.29 is 39.4 Å². The zero-order valence-corrected chi connectivity index (χ0v) is 19.1. The van der Waals surface area contributed by atoms with Gasteiger partial charge in [0, 0.05) is 0 Å². The van der Waals surface area contributed by atoms with E-state index >= 15 is 0 Å². The van der Waals surface area contributed by atoms with Gasteiger partial charge in [0.05, 0.1) is 18.5 Å². The zero-order valence-electron chi connectivity index (χ0n) is 12.3. The Morgan fingerprint density at radius 1 is 0.913 bits per heavy atom. The average molecular weight is 525 g/mol. The molecule has 0 aliphatic carbocycles. The number of pyridine rings is 2. The molecule has 0 aliphatic rings. The normalized spacial score (nSPS) is 8.09. The molecular weight excluding hydrogens is 507 g/mol. The molecule has 124 valence electrons. The van der Waals surface area contributed by atoms with E-state index < -0.39 is 0 Å². The van der Waals surface area contributed by atoms with E-state index in [2.05, 4.69) is 57.8 Å². The molecule has 0 aliphatic heterocycles. The van der Waals surface area contributed by atoms with Crippen molar-refractivity contribution in [1.29, 1.82) is 0 Å². The van der Waals surface area contributed by atoms with Crippen LogP contribution in [0.1, 0.15) is 7.43 Å². The summed E-state index contributed by atoms with van der Waals surface area (Å²) in [6, 6.07) is 7.06. The molecule has 0 bridgehead atoms. The minimum atomic E-state index is 0. The Kier molecular flexibility index (Phi) is 19.0.